The Labute approximate surface area is 313 Å². The lowest BCUT2D eigenvalue weighted by Gasteiger charge is -2.06. The van der Waals surface area contributed by atoms with Crippen LogP contribution in [-0.4, -0.2) is 87.8 Å². The Morgan fingerprint density at radius 1 is 0.589 bits per heavy atom. The predicted molar refractivity (Wildman–Crippen MR) is 190 cm³/mol. The highest BCUT2D eigenvalue weighted by atomic mass is 32.2. The molecule has 0 atom stereocenters. The van der Waals surface area contributed by atoms with Crippen LogP contribution >= 0.6 is 0 Å². The normalized spacial score (nSPS) is 12.2. The van der Waals surface area contributed by atoms with Gasteiger partial charge in [0.15, 0.2) is 23.0 Å². The van der Waals surface area contributed by atoms with Gasteiger partial charge >= 0.3 is 11.9 Å². The van der Waals surface area contributed by atoms with Crippen LogP contribution in [-0.2, 0) is 20.2 Å². The third-order valence-corrected chi connectivity index (χ3v) is 9.15. The fourth-order valence-electron chi connectivity index (χ4n) is 4.84. The van der Waals surface area contributed by atoms with Crippen molar-refractivity contribution in [3.8, 4) is 23.4 Å². The van der Waals surface area contributed by atoms with E-state index in [1.54, 1.807) is 24.3 Å². The first-order chi connectivity index (χ1) is 26.5. The molecule has 0 spiro atoms. The zero-order valence-electron chi connectivity index (χ0n) is 27.7. The van der Waals surface area contributed by atoms with Crippen LogP contribution < -0.4 is 0 Å². The maximum absolute atomic E-state index is 12.4. The lowest BCUT2D eigenvalue weighted by Crippen LogP contribution is -2.02. The summed E-state index contributed by atoms with van der Waals surface area (Å²) in [5.74, 6) is -4.56. The molecule has 0 aliphatic heterocycles. The summed E-state index contributed by atoms with van der Waals surface area (Å²) in [6.45, 7) is 0. The number of aromatic carboxylic acids is 2. The number of aromatic hydroxyl groups is 2. The molecule has 0 aliphatic rings. The van der Waals surface area contributed by atoms with Gasteiger partial charge in [-0.3, -0.25) is 9.11 Å². The lowest BCUT2D eigenvalue weighted by molar-refractivity contribution is 0.0680. The average molecular weight is 803 g/mol. The number of hydrogen-bond donors (Lipinski definition) is 6. The van der Waals surface area contributed by atoms with Gasteiger partial charge in [0.1, 0.15) is 9.79 Å². The summed E-state index contributed by atoms with van der Waals surface area (Å²) < 4.78 is 71.0. The summed E-state index contributed by atoms with van der Waals surface area (Å²) in [5, 5.41) is 63.1. The molecule has 6 rings (SSSR count). The van der Waals surface area contributed by atoms with Crippen LogP contribution in [0.2, 0.25) is 0 Å². The third-order valence-electron chi connectivity index (χ3n) is 7.33. The molecule has 4 heterocycles. The number of rotatable bonds is 12. The molecule has 0 fully saturated rings. The van der Waals surface area contributed by atoms with E-state index < -0.39 is 76.5 Å². The number of aromatic nitrogens is 6. The first kappa shape index (κ1) is 38.2. The van der Waals surface area contributed by atoms with Gasteiger partial charge in [0, 0.05) is 12.4 Å². The van der Waals surface area contributed by atoms with Gasteiger partial charge in [-0.15, -0.1) is 10.2 Å². The zero-order valence-corrected chi connectivity index (χ0v) is 29.3. The molecular formula is C32H22N10O12S2. The van der Waals surface area contributed by atoms with Gasteiger partial charge in [-0.2, -0.15) is 46.6 Å². The van der Waals surface area contributed by atoms with Crippen molar-refractivity contribution in [2.75, 3.05) is 0 Å². The molecule has 6 aromatic rings. The van der Waals surface area contributed by atoms with Crippen LogP contribution in [0, 0.1) is 0 Å². The van der Waals surface area contributed by atoms with E-state index in [-0.39, 0.29) is 34.1 Å². The molecule has 22 nitrogen and oxygen atoms in total. The van der Waals surface area contributed by atoms with E-state index in [2.05, 4.69) is 40.6 Å². The summed E-state index contributed by atoms with van der Waals surface area (Å²) in [6.07, 6.45) is 4.88. The number of pyridine rings is 2. The number of carbonyl (C=O) groups is 2. The molecule has 284 valence electrons. The summed E-state index contributed by atoms with van der Waals surface area (Å²) >= 11 is 0. The highest BCUT2D eigenvalue weighted by molar-refractivity contribution is 7.86. The van der Waals surface area contributed by atoms with Crippen molar-refractivity contribution >= 4 is 67.1 Å². The lowest BCUT2D eigenvalue weighted by atomic mass is 10.1. The second kappa shape index (κ2) is 15.1. The van der Waals surface area contributed by atoms with Crippen molar-refractivity contribution in [1.29, 1.82) is 0 Å². The van der Waals surface area contributed by atoms with E-state index in [1.165, 1.54) is 36.7 Å². The van der Waals surface area contributed by atoms with Gasteiger partial charge < -0.3 is 20.4 Å². The van der Waals surface area contributed by atoms with Crippen molar-refractivity contribution in [3.05, 3.63) is 108 Å². The number of carboxylic acids is 2. The molecule has 4 aromatic heterocycles. The fraction of sp³-hybridized carbons (Fsp3) is 0. The largest absolute Gasteiger partial charge is 0.492 e. The Morgan fingerprint density at radius 3 is 1.30 bits per heavy atom. The van der Waals surface area contributed by atoms with Crippen LogP contribution in [0.4, 0.5) is 22.7 Å². The van der Waals surface area contributed by atoms with Gasteiger partial charge in [0.25, 0.3) is 20.2 Å². The third kappa shape index (κ3) is 8.01. The van der Waals surface area contributed by atoms with Crippen molar-refractivity contribution in [2.24, 2.45) is 20.5 Å². The van der Waals surface area contributed by atoms with Gasteiger partial charge in [-0.05, 0) is 59.7 Å². The molecule has 0 saturated carbocycles. The Balaban J connectivity index is 1.32. The summed E-state index contributed by atoms with van der Waals surface area (Å²) in [4.78, 5) is 30.1. The Kier molecular flexibility index (Phi) is 10.3. The molecule has 2 aromatic carbocycles. The highest BCUT2D eigenvalue weighted by Crippen LogP contribution is 2.36. The Hall–Kier alpha value is -7.54. The smallest absolute Gasteiger partial charge is 0.358 e. The molecule has 0 saturated heterocycles. The molecular weight excluding hydrogens is 781 g/mol. The van der Waals surface area contributed by atoms with Crippen LogP contribution in [0.25, 0.3) is 23.8 Å². The quantitative estimate of drug-likeness (QED) is 0.0529. The van der Waals surface area contributed by atoms with Crippen molar-refractivity contribution in [1.82, 2.24) is 29.5 Å². The van der Waals surface area contributed by atoms with E-state index >= 15 is 0 Å². The van der Waals surface area contributed by atoms with Gasteiger partial charge in [0.2, 0.25) is 23.1 Å². The van der Waals surface area contributed by atoms with Gasteiger partial charge in [-0.25, -0.2) is 19.6 Å². The predicted octanol–water partition coefficient (Wildman–Crippen LogP) is 5.15. The fourth-order valence-corrected chi connectivity index (χ4v) is 6.25. The zero-order chi connectivity index (χ0) is 40.4. The van der Waals surface area contributed by atoms with Crippen molar-refractivity contribution in [2.45, 2.75) is 9.79 Å². The number of benzene rings is 2. The van der Waals surface area contributed by atoms with E-state index in [0.29, 0.717) is 0 Å². The maximum Gasteiger partial charge on any atom is 0.358 e. The van der Waals surface area contributed by atoms with Crippen LogP contribution in [0.1, 0.15) is 32.1 Å². The molecule has 0 unspecified atom stereocenters. The van der Waals surface area contributed by atoms with Crippen LogP contribution in [0.3, 0.4) is 0 Å². The molecule has 0 radical (unpaired) electrons. The minimum Gasteiger partial charge on any atom is -0.492 e. The van der Waals surface area contributed by atoms with E-state index in [4.69, 9.17) is 0 Å². The molecule has 0 aliphatic carbocycles. The minimum absolute atomic E-state index is 0.0507. The van der Waals surface area contributed by atoms with Crippen LogP contribution in [0.5, 0.6) is 11.8 Å². The SMILES string of the molecule is O=C(O)c1nn(-c2ccccn2)c(O)c1N=Nc1ccc(/C=C/c2ccc(N=Nc3c(C(=O)O)nn(-c4ccccn4)c3O)cc2S(=O)(=O)O)c(S(=O)(=O)O)c1. The molecule has 0 bridgehead atoms. The first-order valence-electron chi connectivity index (χ1n) is 15.2. The number of hydrogen-bond acceptors (Lipinski definition) is 16. The number of carboxylic acid groups (broad SMARTS) is 2. The maximum atomic E-state index is 12.4. The second-order valence-corrected chi connectivity index (χ2v) is 13.8. The highest BCUT2D eigenvalue weighted by Gasteiger charge is 2.26. The Bertz CT molecular complexity index is 2650. The van der Waals surface area contributed by atoms with Gasteiger partial charge in [-0.1, -0.05) is 36.4 Å². The molecule has 6 N–H and O–H groups in total. The van der Waals surface area contributed by atoms with Crippen molar-refractivity contribution in [3.63, 3.8) is 0 Å². The topological polar surface area (TPSA) is 335 Å². The number of nitrogens with zero attached hydrogens (tertiary/aromatic N) is 10. The van der Waals surface area contributed by atoms with Crippen molar-refractivity contribution < 1.29 is 56.0 Å². The minimum atomic E-state index is -5.00. The Morgan fingerprint density at radius 2 is 0.982 bits per heavy atom. The monoisotopic (exact) mass is 802 g/mol. The van der Waals surface area contributed by atoms with E-state index in [0.717, 1.165) is 45.8 Å². The summed E-state index contributed by atoms with van der Waals surface area (Å²) in [5.41, 5.74) is -3.54. The van der Waals surface area contributed by atoms with E-state index in [1.807, 2.05) is 0 Å². The van der Waals surface area contributed by atoms with Crippen LogP contribution in [0.15, 0.2) is 115 Å². The molecule has 56 heavy (non-hydrogen) atoms. The molecule has 0 amide bonds. The standard InChI is InChI=1S/C32H22N10O12S2/c43-29-25(27(31(45)46)39-41(29)23-5-1-3-13-33-23)37-35-19-11-9-17(21(15-19)55(49,50)51)7-8-18-10-12-20(16-22(18)56(52,53)54)36-38-26-28(32(47)48)40-42(30(26)44)24-6-2-4-14-34-24/h1-16,43-44H,(H,45,46)(H,47,48)(H,49,50,51)(H,52,53,54)/b8-7+,37-35?,38-36?. The summed E-state index contributed by atoms with van der Waals surface area (Å²) in [7, 11) is -10.0. The molecule has 24 heteroatoms. The van der Waals surface area contributed by atoms with Gasteiger partial charge in [0.05, 0.1) is 11.4 Å². The summed E-state index contributed by atoms with van der Waals surface area (Å²) in [6, 6.07) is 15.5. The van der Waals surface area contributed by atoms with E-state index in [9.17, 15) is 56.0 Å². The average Bonchev–Trinajstić information content (AvgIpc) is 3.68. The first-order valence-corrected chi connectivity index (χ1v) is 18.1. The second-order valence-electron chi connectivity index (χ2n) is 11.0. The number of azo groups is 2.